The van der Waals surface area contributed by atoms with Gasteiger partial charge in [-0.1, -0.05) is 91.0 Å². The van der Waals surface area contributed by atoms with E-state index in [4.69, 9.17) is 18.8 Å². The molecule has 0 saturated heterocycles. The fourth-order valence-corrected chi connectivity index (χ4v) is 7.70. The van der Waals surface area contributed by atoms with Gasteiger partial charge in [0, 0.05) is 49.8 Å². The Bertz CT molecular complexity index is 3230. The molecule has 54 heavy (non-hydrogen) atoms. The lowest BCUT2D eigenvalue weighted by Crippen LogP contribution is -1.96. The molecule has 7 aromatic carbocycles. The molecule has 0 aliphatic heterocycles. The summed E-state index contributed by atoms with van der Waals surface area (Å²) in [4.78, 5) is 15.1. The van der Waals surface area contributed by atoms with E-state index in [2.05, 4.69) is 114 Å². The third kappa shape index (κ3) is 5.06. The van der Waals surface area contributed by atoms with Gasteiger partial charge in [0.2, 0.25) is 0 Å². The first-order valence-electron chi connectivity index (χ1n) is 18.0. The molecule has 0 spiro atoms. The zero-order valence-corrected chi connectivity index (χ0v) is 28.9. The summed E-state index contributed by atoms with van der Waals surface area (Å²) in [5, 5.41) is 5.41. The van der Waals surface area contributed by atoms with E-state index in [1.54, 1.807) is 0 Å². The number of benzene rings is 7. The van der Waals surface area contributed by atoms with Crippen molar-refractivity contribution in [3.05, 3.63) is 176 Å². The molecule has 5 heteroatoms. The van der Waals surface area contributed by atoms with Crippen molar-refractivity contribution in [2.24, 2.45) is 0 Å². The molecular weight excluding hydrogens is 663 g/mol. The minimum absolute atomic E-state index is 0.660. The van der Waals surface area contributed by atoms with Gasteiger partial charge in [0.15, 0.2) is 5.82 Å². The molecule has 4 heterocycles. The lowest BCUT2D eigenvalue weighted by atomic mass is 9.92. The molecular formula is C49H29N3O2. The van der Waals surface area contributed by atoms with Gasteiger partial charge in [-0.15, -0.1) is 0 Å². The molecule has 0 aliphatic carbocycles. The highest BCUT2D eigenvalue weighted by molar-refractivity contribution is 6.07. The second-order valence-electron chi connectivity index (χ2n) is 13.6. The van der Waals surface area contributed by atoms with Crippen LogP contribution in [0, 0.1) is 0 Å². The molecule has 0 aliphatic rings. The number of pyridine rings is 1. The maximum absolute atomic E-state index is 6.20. The second kappa shape index (κ2) is 12.1. The molecule has 4 aromatic heterocycles. The summed E-state index contributed by atoms with van der Waals surface area (Å²) in [6.07, 6.45) is 1.84. The first-order valence-corrected chi connectivity index (χ1v) is 18.0. The summed E-state index contributed by atoms with van der Waals surface area (Å²) in [6, 6.07) is 58.6. The zero-order valence-electron chi connectivity index (χ0n) is 28.9. The van der Waals surface area contributed by atoms with Crippen molar-refractivity contribution in [3.8, 4) is 56.2 Å². The molecule has 0 amide bonds. The SMILES string of the molecule is c1ccc(-c2nc(-c3cc(-c4ccc5oc6ccccc6c5c4)cc(-c4cccc5ncccc45)c3)cc(-c3ccc4oc5ccccc5c4c3)n2)cc1. The molecule has 0 unspecified atom stereocenters. The fraction of sp³-hybridized carbons (Fsp3) is 0. The lowest BCUT2D eigenvalue weighted by molar-refractivity contribution is 0.668. The Morgan fingerprint density at radius 1 is 0.333 bits per heavy atom. The van der Waals surface area contributed by atoms with Gasteiger partial charge in [-0.05, 0) is 101 Å². The Kier molecular flexibility index (Phi) is 6.79. The van der Waals surface area contributed by atoms with Crippen molar-refractivity contribution in [3.63, 3.8) is 0 Å². The van der Waals surface area contributed by atoms with E-state index in [9.17, 15) is 0 Å². The van der Waals surface area contributed by atoms with Crippen LogP contribution in [0.4, 0.5) is 0 Å². The molecule has 0 fully saturated rings. The van der Waals surface area contributed by atoms with Crippen LogP contribution in [0.5, 0.6) is 0 Å². The minimum Gasteiger partial charge on any atom is -0.456 e. The van der Waals surface area contributed by atoms with Crippen LogP contribution >= 0.6 is 0 Å². The summed E-state index contributed by atoms with van der Waals surface area (Å²) in [5.74, 6) is 0.660. The topological polar surface area (TPSA) is 65.0 Å². The third-order valence-electron chi connectivity index (χ3n) is 10.3. The first-order chi connectivity index (χ1) is 26.7. The van der Waals surface area contributed by atoms with Gasteiger partial charge in [-0.3, -0.25) is 4.98 Å². The Morgan fingerprint density at radius 3 is 1.69 bits per heavy atom. The van der Waals surface area contributed by atoms with Crippen molar-refractivity contribution in [1.29, 1.82) is 0 Å². The molecule has 0 saturated carbocycles. The molecule has 11 rings (SSSR count). The molecule has 11 aromatic rings. The Morgan fingerprint density at radius 2 is 0.926 bits per heavy atom. The Hall–Kier alpha value is -7.37. The van der Waals surface area contributed by atoms with Gasteiger partial charge in [0.05, 0.1) is 16.9 Å². The summed E-state index contributed by atoms with van der Waals surface area (Å²) < 4.78 is 12.4. The number of nitrogens with zero attached hydrogens (tertiary/aromatic N) is 3. The number of hydrogen-bond acceptors (Lipinski definition) is 5. The molecule has 0 radical (unpaired) electrons. The largest absolute Gasteiger partial charge is 0.456 e. The monoisotopic (exact) mass is 691 g/mol. The van der Waals surface area contributed by atoms with Crippen LogP contribution in [0.2, 0.25) is 0 Å². The predicted octanol–water partition coefficient (Wildman–Crippen LogP) is 13.2. The van der Waals surface area contributed by atoms with E-state index < -0.39 is 0 Å². The Labute approximate surface area is 309 Å². The van der Waals surface area contributed by atoms with Gasteiger partial charge < -0.3 is 8.83 Å². The van der Waals surface area contributed by atoms with Crippen molar-refractivity contribution >= 4 is 54.8 Å². The quantitative estimate of drug-likeness (QED) is 0.180. The van der Waals surface area contributed by atoms with E-state index in [0.717, 1.165) is 105 Å². The standard InChI is InChI=1S/C49H29N3O2/c1-2-10-30(11-3-1)49-51-43(32-20-22-48-41(28-32)39-13-5-7-18-46(39)54-48)29-44(52-49)35-25-33(24-34(26-35)36-14-8-16-42-37(36)15-9-23-50-42)31-19-21-47-40(27-31)38-12-4-6-17-45(38)53-47/h1-29H. The van der Waals surface area contributed by atoms with Gasteiger partial charge in [-0.2, -0.15) is 0 Å². The van der Waals surface area contributed by atoms with Crippen LogP contribution in [-0.4, -0.2) is 15.0 Å². The molecule has 0 N–H and O–H groups in total. The van der Waals surface area contributed by atoms with Crippen molar-refractivity contribution in [2.75, 3.05) is 0 Å². The van der Waals surface area contributed by atoms with E-state index in [0.29, 0.717) is 5.82 Å². The van der Waals surface area contributed by atoms with Crippen LogP contribution in [0.15, 0.2) is 185 Å². The summed E-state index contributed by atoms with van der Waals surface area (Å²) in [6.45, 7) is 0. The van der Waals surface area contributed by atoms with Gasteiger partial charge in [0.1, 0.15) is 22.3 Å². The lowest BCUT2D eigenvalue weighted by Gasteiger charge is -2.14. The zero-order chi connectivity index (χ0) is 35.6. The molecule has 5 nitrogen and oxygen atoms in total. The average Bonchev–Trinajstić information content (AvgIpc) is 3.81. The molecule has 252 valence electrons. The number of rotatable bonds is 5. The van der Waals surface area contributed by atoms with Gasteiger partial charge >= 0.3 is 0 Å². The van der Waals surface area contributed by atoms with Crippen LogP contribution in [-0.2, 0) is 0 Å². The highest BCUT2D eigenvalue weighted by Crippen LogP contribution is 2.39. The predicted molar refractivity (Wildman–Crippen MR) is 219 cm³/mol. The smallest absolute Gasteiger partial charge is 0.160 e. The van der Waals surface area contributed by atoms with Crippen molar-refractivity contribution < 1.29 is 8.83 Å². The Balaban J connectivity index is 1.15. The molecule has 0 bridgehead atoms. The number of para-hydroxylation sites is 2. The summed E-state index contributed by atoms with van der Waals surface area (Å²) in [5.41, 5.74) is 13.3. The van der Waals surface area contributed by atoms with Crippen LogP contribution in [0.25, 0.3) is 111 Å². The van der Waals surface area contributed by atoms with E-state index >= 15 is 0 Å². The van der Waals surface area contributed by atoms with Gasteiger partial charge in [0.25, 0.3) is 0 Å². The van der Waals surface area contributed by atoms with E-state index in [1.807, 2.05) is 66.9 Å². The second-order valence-corrected chi connectivity index (χ2v) is 13.6. The number of aromatic nitrogens is 3. The number of fused-ring (bicyclic) bond motifs is 7. The van der Waals surface area contributed by atoms with Crippen LogP contribution in [0.3, 0.4) is 0 Å². The highest BCUT2D eigenvalue weighted by atomic mass is 16.3. The van der Waals surface area contributed by atoms with Gasteiger partial charge in [-0.25, -0.2) is 9.97 Å². The van der Waals surface area contributed by atoms with Crippen LogP contribution < -0.4 is 0 Å². The summed E-state index contributed by atoms with van der Waals surface area (Å²) in [7, 11) is 0. The van der Waals surface area contributed by atoms with E-state index in [1.165, 1.54) is 0 Å². The third-order valence-corrected chi connectivity index (χ3v) is 10.3. The average molecular weight is 692 g/mol. The van der Waals surface area contributed by atoms with Crippen LogP contribution in [0.1, 0.15) is 0 Å². The number of furan rings is 2. The van der Waals surface area contributed by atoms with Crippen molar-refractivity contribution in [2.45, 2.75) is 0 Å². The maximum Gasteiger partial charge on any atom is 0.160 e. The van der Waals surface area contributed by atoms with E-state index in [-0.39, 0.29) is 0 Å². The van der Waals surface area contributed by atoms with Crippen molar-refractivity contribution in [1.82, 2.24) is 15.0 Å². The molecule has 0 atom stereocenters. The summed E-state index contributed by atoms with van der Waals surface area (Å²) >= 11 is 0. The normalized spacial score (nSPS) is 11.7. The first kappa shape index (κ1) is 30.3. The maximum atomic E-state index is 6.20. The minimum atomic E-state index is 0.660. The fourth-order valence-electron chi connectivity index (χ4n) is 7.70. The highest BCUT2D eigenvalue weighted by Gasteiger charge is 2.17. The number of hydrogen-bond donors (Lipinski definition) is 0.